The van der Waals surface area contributed by atoms with Crippen molar-refractivity contribution in [1.29, 1.82) is 0 Å². The smallest absolute Gasteiger partial charge is 0.361 e. The van der Waals surface area contributed by atoms with Gasteiger partial charge in [-0.1, -0.05) is 5.16 Å². The Morgan fingerprint density at radius 2 is 2.12 bits per heavy atom. The van der Waals surface area contributed by atoms with Crippen molar-refractivity contribution in [3.63, 3.8) is 0 Å². The number of hydroxylamine groups is 2. The second-order valence-electron chi connectivity index (χ2n) is 7.94. The zero-order chi connectivity index (χ0) is 18.3. The van der Waals surface area contributed by atoms with E-state index in [1.807, 2.05) is 6.07 Å². The fraction of sp³-hybridized carbons (Fsp3) is 0.733. The van der Waals surface area contributed by atoms with Gasteiger partial charge < -0.3 is 15.2 Å². The van der Waals surface area contributed by atoms with Gasteiger partial charge in [0.05, 0.1) is 12.1 Å². The minimum Gasteiger partial charge on any atom is -0.361 e. The summed E-state index contributed by atoms with van der Waals surface area (Å²) in [7, 11) is -4.76. The molecule has 2 bridgehead atoms. The molecule has 2 aliphatic carbocycles. The van der Waals surface area contributed by atoms with E-state index in [9.17, 15) is 13.2 Å². The molecule has 4 fully saturated rings. The Bertz CT molecular complexity index is 859. The van der Waals surface area contributed by atoms with E-state index in [1.54, 1.807) is 4.90 Å². The number of nitrogens with two attached hydrogens (primary N) is 1. The molecule has 1 spiro atoms. The Hall–Kier alpha value is -1.69. The van der Waals surface area contributed by atoms with E-state index in [0.29, 0.717) is 18.7 Å². The molecule has 5 rings (SSSR count). The van der Waals surface area contributed by atoms with Crippen LogP contribution in [-0.2, 0) is 14.7 Å². The van der Waals surface area contributed by atoms with Crippen LogP contribution in [0.4, 0.5) is 4.79 Å². The first-order valence-corrected chi connectivity index (χ1v) is 10.1. The van der Waals surface area contributed by atoms with Gasteiger partial charge in [-0.2, -0.15) is 13.5 Å². The molecule has 2 amide bonds. The number of hydrogen-bond donors (Lipinski definition) is 2. The highest BCUT2D eigenvalue weighted by molar-refractivity contribution is 7.80. The van der Waals surface area contributed by atoms with Gasteiger partial charge in [0, 0.05) is 24.6 Å². The summed E-state index contributed by atoms with van der Waals surface area (Å²) in [6.45, 7) is 0.343. The minimum absolute atomic E-state index is 0.198. The highest BCUT2D eigenvalue weighted by Gasteiger charge is 2.64. The molecule has 2 atom stereocenters. The highest BCUT2D eigenvalue weighted by Crippen LogP contribution is 2.62. The largest absolute Gasteiger partial charge is 0.418 e. The van der Waals surface area contributed by atoms with Gasteiger partial charge in [0.25, 0.3) is 0 Å². The van der Waals surface area contributed by atoms with Crippen LogP contribution in [0.15, 0.2) is 10.6 Å². The Morgan fingerprint density at radius 3 is 2.73 bits per heavy atom. The van der Waals surface area contributed by atoms with Crippen molar-refractivity contribution in [2.24, 2.45) is 11.1 Å². The van der Waals surface area contributed by atoms with Crippen LogP contribution in [0.3, 0.4) is 0 Å². The summed E-state index contributed by atoms with van der Waals surface area (Å²) in [6, 6.07) is 0.838. The minimum atomic E-state index is -4.76. The van der Waals surface area contributed by atoms with Crippen LogP contribution in [0.2, 0.25) is 0 Å². The van der Waals surface area contributed by atoms with E-state index >= 15 is 0 Å². The second kappa shape index (κ2) is 5.18. The lowest BCUT2D eigenvalue weighted by atomic mass is 9.79. The average Bonchev–Trinajstić information content (AvgIpc) is 3.02. The molecule has 11 heteroatoms. The number of piperidine rings is 1. The van der Waals surface area contributed by atoms with Gasteiger partial charge in [-0.25, -0.2) is 4.79 Å². The first-order chi connectivity index (χ1) is 12.3. The molecule has 1 aromatic heterocycles. The zero-order valence-electron chi connectivity index (χ0n) is 13.9. The van der Waals surface area contributed by atoms with Crippen LogP contribution in [-0.4, -0.2) is 52.7 Å². The standard InChI is InChI=1S/C15H20N4O6S/c16-9-3-8(4-9)12-5-10(17-24-12)11-6-15(1-2-15)13-7-18(11)14(20)19(13)25-26(21,22)23/h5,8-9,11,13H,1-4,6-7,16H2,(H,21,22,23)/t8?,9?,11-,13-/m0/s1. The van der Waals surface area contributed by atoms with Crippen LogP contribution in [0.5, 0.6) is 0 Å². The fourth-order valence-electron chi connectivity index (χ4n) is 4.63. The number of aromatic nitrogens is 1. The van der Waals surface area contributed by atoms with E-state index in [4.69, 9.17) is 14.8 Å². The van der Waals surface area contributed by atoms with Gasteiger partial charge in [0.2, 0.25) is 0 Å². The van der Waals surface area contributed by atoms with Gasteiger partial charge in [-0.3, -0.25) is 4.55 Å². The van der Waals surface area contributed by atoms with Gasteiger partial charge >= 0.3 is 16.4 Å². The fourth-order valence-corrected chi connectivity index (χ4v) is 5.00. The average molecular weight is 384 g/mol. The van der Waals surface area contributed by atoms with Crippen LogP contribution in [0.1, 0.15) is 55.5 Å². The number of carbonyl (C=O) groups excluding carboxylic acids is 1. The van der Waals surface area contributed by atoms with Crippen LogP contribution in [0.25, 0.3) is 0 Å². The van der Waals surface area contributed by atoms with E-state index in [-0.39, 0.29) is 29.5 Å². The summed E-state index contributed by atoms with van der Waals surface area (Å²) in [6.07, 6.45) is 4.16. The number of fused-ring (bicyclic) bond motifs is 3. The summed E-state index contributed by atoms with van der Waals surface area (Å²) in [5.74, 6) is 1.05. The molecule has 2 saturated carbocycles. The van der Waals surface area contributed by atoms with Crippen LogP contribution < -0.4 is 5.73 Å². The molecule has 0 unspecified atom stereocenters. The van der Waals surface area contributed by atoms with Crippen molar-refractivity contribution in [2.45, 2.75) is 56.1 Å². The molecule has 2 aliphatic heterocycles. The quantitative estimate of drug-likeness (QED) is 0.731. The summed E-state index contributed by atoms with van der Waals surface area (Å²) >= 11 is 0. The summed E-state index contributed by atoms with van der Waals surface area (Å²) in [5.41, 5.74) is 6.30. The third kappa shape index (κ3) is 2.45. The maximum atomic E-state index is 12.7. The Morgan fingerprint density at radius 1 is 1.38 bits per heavy atom. The molecule has 10 nitrogen and oxygen atoms in total. The molecule has 0 radical (unpaired) electrons. The first-order valence-electron chi connectivity index (χ1n) is 8.75. The maximum absolute atomic E-state index is 12.7. The monoisotopic (exact) mass is 384 g/mol. The van der Waals surface area contributed by atoms with E-state index in [0.717, 1.165) is 36.5 Å². The highest BCUT2D eigenvalue weighted by atomic mass is 32.3. The predicted molar refractivity (Wildman–Crippen MR) is 85.8 cm³/mol. The molecule has 0 aromatic carbocycles. The number of hydrogen-bond acceptors (Lipinski definition) is 7. The number of urea groups is 1. The van der Waals surface area contributed by atoms with E-state index in [1.165, 1.54) is 0 Å². The van der Waals surface area contributed by atoms with Crippen molar-refractivity contribution < 1.29 is 26.6 Å². The van der Waals surface area contributed by atoms with Crippen molar-refractivity contribution >= 4 is 16.4 Å². The molecule has 1 aromatic rings. The lowest BCUT2D eigenvalue weighted by Crippen LogP contribution is -2.43. The van der Waals surface area contributed by atoms with Gasteiger partial charge in [0.15, 0.2) is 0 Å². The Labute approximate surface area is 150 Å². The van der Waals surface area contributed by atoms with Crippen molar-refractivity contribution in [1.82, 2.24) is 15.1 Å². The van der Waals surface area contributed by atoms with Gasteiger partial charge in [-0.15, -0.1) is 4.28 Å². The van der Waals surface area contributed by atoms with E-state index in [2.05, 4.69) is 9.44 Å². The Balaban J connectivity index is 1.42. The third-order valence-corrected chi connectivity index (χ3v) is 6.65. The van der Waals surface area contributed by atoms with E-state index < -0.39 is 16.4 Å². The maximum Gasteiger partial charge on any atom is 0.418 e. The SMILES string of the molecule is NC1CC(c2cc([C@@H]3CC4(CC4)[C@@H]4CN3C(=O)N4OS(=O)(=O)O)no2)C1. The molecule has 2 saturated heterocycles. The Kier molecular flexibility index (Phi) is 3.29. The van der Waals surface area contributed by atoms with Crippen molar-refractivity contribution in [3.05, 3.63) is 17.5 Å². The number of carbonyl (C=O) groups is 1. The lowest BCUT2D eigenvalue weighted by molar-refractivity contribution is -0.0527. The molecule has 26 heavy (non-hydrogen) atoms. The lowest BCUT2D eigenvalue weighted by Gasteiger charge is -2.35. The molecule has 4 aliphatic rings. The molecular formula is C15H20N4O6S. The normalized spacial score (nSPS) is 35.1. The molecule has 3 N–H and O–H groups in total. The third-order valence-electron chi connectivity index (χ3n) is 6.30. The molecule has 3 heterocycles. The van der Waals surface area contributed by atoms with Crippen LogP contribution in [0, 0.1) is 5.41 Å². The van der Waals surface area contributed by atoms with Crippen molar-refractivity contribution in [3.8, 4) is 0 Å². The summed E-state index contributed by atoms with van der Waals surface area (Å²) in [4.78, 5) is 14.2. The van der Waals surface area contributed by atoms with Gasteiger partial charge in [-0.05, 0) is 37.5 Å². The summed E-state index contributed by atoms with van der Waals surface area (Å²) in [5, 5.41) is 4.99. The predicted octanol–water partition coefficient (Wildman–Crippen LogP) is 0.945. The number of amides is 2. The topological polar surface area (TPSA) is 139 Å². The summed E-state index contributed by atoms with van der Waals surface area (Å²) < 4.78 is 41.3. The number of rotatable bonds is 4. The van der Waals surface area contributed by atoms with Gasteiger partial charge in [0.1, 0.15) is 11.5 Å². The zero-order valence-corrected chi connectivity index (χ0v) is 14.8. The molecular weight excluding hydrogens is 364 g/mol. The molecule has 142 valence electrons. The van der Waals surface area contributed by atoms with Crippen molar-refractivity contribution in [2.75, 3.05) is 6.54 Å². The number of nitrogens with zero attached hydrogens (tertiary/aromatic N) is 3. The van der Waals surface area contributed by atoms with Crippen LogP contribution >= 0.6 is 0 Å². The first kappa shape index (κ1) is 16.5. The second-order valence-corrected chi connectivity index (χ2v) is 8.95.